The maximum absolute atomic E-state index is 13.3. The van der Waals surface area contributed by atoms with Crippen molar-refractivity contribution in [2.75, 3.05) is 0 Å². The highest BCUT2D eigenvalue weighted by Crippen LogP contribution is 2.43. The van der Waals surface area contributed by atoms with Gasteiger partial charge in [0.25, 0.3) is 0 Å². The van der Waals surface area contributed by atoms with Crippen LogP contribution in [0.25, 0.3) is 0 Å². The van der Waals surface area contributed by atoms with E-state index in [-0.39, 0.29) is 23.6 Å². The summed E-state index contributed by atoms with van der Waals surface area (Å²) in [5.74, 6) is -0.354. The number of benzene rings is 2. The first kappa shape index (κ1) is 15.7. The van der Waals surface area contributed by atoms with Gasteiger partial charge in [-0.05, 0) is 24.1 Å². The number of nitrogens with one attached hydrogen (secondary N) is 1. The van der Waals surface area contributed by atoms with E-state index in [0.717, 1.165) is 0 Å². The molecule has 2 aromatic carbocycles. The van der Waals surface area contributed by atoms with Gasteiger partial charge in [-0.3, -0.25) is 4.79 Å². The van der Waals surface area contributed by atoms with Gasteiger partial charge in [0.15, 0.2) is 16.1 Å². The monoisotopic (exact) mass is 331 g/mol. The molecule has 1 aliphatic heterocycles. The summed E-state index contributed by atoms with van der Waals surface area (Å²) in [6.45, 7) is 0. The fraction of sp³-hybridized carbons (Fsp3) is 0.235. The minimum Gasteiger partial charge on any atom is -0.372 e. The van der Waals surface area contributed by atoms with Crippen molar-refractivity contribution < 1.29 is 18.3 Å². The zero-order chi connectivity index (χ0) is 16.5. The molecule has 0 radical (unpaired) electrons. The largest absolute Gasteiger partial charge is 0.372 e. The number of aliphatic hydroxyl groups excluding tert-OH is 1. The zero-order valence-electron chi connectivity index (χ0n) is 12.3. The van der Waals surface area contributed by atoms with Crippen molar-refractivity contribution >= 4 is 15.7 Å². The van der Waals surface area contributed by atoms with Crippen molar-refractivity contribution in [1.82, 2.24) is 5.32 Å². The Hall–Kier alpha value is -2.18. The number of carbonyl (C=O) groups excluding carboxylic acids is 1. The summed E-state index contributed by atoms with van der Waals surface area (Å²) in [7, 11) is -3.91. The molecule has 1 amide bonds. The standard InChI is InChI=1S/C17H17NO4S/c19-15-11-12-17(16(20)18-15,13-7-3-1-4-8-13)23(21,22)14-9-5-2-6-10-14/h1-10,16,20H,11-12H2,(H,18,19). The Morgan fingerprint density at radius 1 is 1.00 bits per heavy atom. The van der Waals surface area contributed by atoms with Crippen LogP contribution in [-0.2, 0) is 19.4 Å². The Morgan fingerprint density at radius 2 is 1.57 bits per heavy atom. The number of carbonyl (C=O) groups is 1. The van der Waals surface area contributed by atoms with Crippen molar-refractivity contribution in [1.29, 1.82) is 0 Å². The molecule has 3 rings (SSSR count). The lowest BCUT2D eigenvalue weighted by molar-refractivity contribution is -0.128. The molecule has 2 N–H and O–H groups in total. The molecule has 1 fully saturated rings. The first-order valence-electron chi connectivity index (χ1n) is 7.31. The van der Waals surface area contributed by atoms with Crippen molar-refractivity contribution in [3.8, 4) is 0 Å². The topological polar surface area (TPSA) is 83.5 Å². The SMILES string of the molecule is O=C1CCC(c2ccccc2)(S(=O)(=O)c2ccccc2)C(O)N1. The van der Waals surface area contributed by atoms with Gasteiger partial charge in [-0.25, -0.2) is 8.42 Å². The summed E-state index contributed by atoms with van der Waals surface area (Å²) < 4.78 is 25.0. The van der Waals surface area contributed by atoms with Crippen LogP contribution in [0.4, 0.5) is 0 Å². The Bertz CT molecular complexity index is 805. The number of aliphatic hydroxyl groups is 1. The lowest BCUT2D eigenvalue weighted by Crippen LogP contribution is -2.58. The highest BCUT2D eigenvalue weighted by molar-refractivity contribution is 7.92. The zero-order valence-corrected chi connectivity index (χ0v) is 13.2. The van der Waals surface area contributed by atoms with Crippen LogP contribution in [-0.4, -0.2) is 25.7 Å². The molecule has 0 bridgehead atoms. The molecule has 1 aliphatic rings. The average Bonchev–Trinajstić information content (AvgIpc) is 2.56. The average molecular weight is 331 g/mol. The van der Waals surface area contributed by atoms with Gasteiger partial charge in [0.1, 0.15) is 4.75 Å². The van der Waals surface area contributed by atoms with Crippen molar-refractivity contribution in [3.63, 3.8) is 0 Å². The van der Waals surface area contributed by atoms with Crippen molar-refractivity contribution in [2.24, 2.45) is 0 Å². The Balaban J connectivity index is 2.23. The van der Waals surface area contributed by atoms with E-state index in [1.807, 2.05) is 0 Å². The molecule has 5 nitrogen and oxygen atoms in total. The maximum atomic E-state index is 13.3. The Kier molecular flexibility index (Phi) is 3.95. The van der Waals surface area contributed by atoms with E-state index in [4.69, 9.17) is 0 Å². The predicted molar refractivity (Wildman–Crippen MR) is 85.1 cm³/mol. The number of piperidine rings is 1. The predicted octanol–water partition coefficient (Wildman–Crippen LogP) is 1.58. The molecule has 120 valence electrons. The minimum atomic E-state index is -3.91. The van der Waals surface area contributed by atoms with Gasteiger partial charge in [-0.1, -0.05) is 48.5 Å². The molecule has 1 saturated heterocycles. The second kappa shape index (κ2) is 5.79. The van der Waals surface area contributed by atoms with E-state index >= 15 is 0 Å². The smallest absolute Gasteiger partial charge is 0.222 e. The summed E-state index contributed by atoms with van der Waals surface area (Å²) >= 11 is 0. The summed E-state index contributed by atoms with van der Waals surface area (Å²) in [6, 6.07) is 16.6. The van der Waals surface area contributed by atoms with E-state index in [1.165, 1.54) is 12.1 Å². The number of amides is 1. The van der Waals surface area contributed by atoms with Crippen LogP contribution in [0.5, 0.6) is 0 Å². The lowest BCUT2D eigenvalue weighted by atomic mass is 9.88. The van der Waals surface area contributed by atoms with Crippen molar-refractivity contribution in [2.45, 2.75) is 28.7 Å². The molecular formula is C17H17NO4S. The minimum absolute atomic E-state index is 0.0290. The van der Waals surface area contributed by atoms with Crippen LogP contribution < -0.4 is 5.32 Å². The van der Waals surface area contributed by atoms with Crippen molar-refractivity contribution in [3.05, 3.63) is 66.2 Å². The van der Waals surface area contributed by atoms with Gasteiger partial charge in [-0.2, -0.15) is 0 Å². The third-order valence-corrected chi connectivity index (χ3v) is 6.77. The van der Waals surface area contributed by atoms with Gasteiger partial charge in [0.05, 0.1) is 4.90 Å². The Morgan fingerprint density at radius 3 is 2.13 bits per heavy atom. The third kappa shape index (κ3) is 2.44. The normalized spacial score (nSPS) is 24.9. The summed E-state index contributed by atoms with van der Waals surface area (Å²) in [5.41, 5.74) is 0.469. The molecule has 1 heterocycles. The quantitative estimate of drug-likeness (QED) is 0.894. The molecule has 0 saturated carbocycles. The summed E-state index contributed by atoms with van der Waals surface area (Å²) in [5, 5.41) is 12.9. The fourth-order valence-electron chi connectivity index (χ4n) is 3.05. The molecule has 23 heavy (non-hydrogen) atoms. The van der Waals surface area contributed by atoms with Gasteiger partial charge in [0, 0.05) is 6.42 Å². The van der Waals surface area contributed by atoms with E-state index in [9.17, 15) is 18.3 Å². The number of hydrogen-bond acceptors (Lipinski definition) is 4. The molecule has 2 aromatic rings. The highest BCUT2D eigenvalue weighted by atomic mass is 32.2. The van der Waals surface area contributed by atoms with Crippen LogP contribution in [0.3, 0.4) is 0 Å². The molecule has 0 spiro atoms. The molecule has 6 heteroatoms. The van der Waals surface area contributed by atoms with E-state index < -0.39 is 20.8 Å². The highest BCUT2D eigenvalue weighted by Gasteiger charge is 2.54. The lowest BCUT2D eigenvalue weighted by Gasteiger charge is -2.41. The first-order valence-corrected chi connectivity index (χ1v) is 8.79. The molecule has 2 atom stereocenters. The third-order valence-electron chi connectivity index (χ3n) is 4.26. The first-order chi connectivity index (χ1) is 11.0. The molecule has 0 aliphatic carbocycles. The van der Waals surface area contributed by atoms with E-state index in [1.54, 1.807) is 48.5 Å². The van der Waals surface area contributed by atoms with Gasteiger partial charge < -0.3 is 10.4 Å². The Labute approximate surface area is 134 Å². The molecule has 2 unspecified atom stereocenters. The maximum Gasteiger partial charge on any atom is 0.222 e. The van der Waals surface area contributed by atoms with E-state index in [2.05, 4.69) is 5.32 Å². The van der Waals surface area contributed by atoms with Gasteiger partial charge >= 0.3 is 0 Å². The number of rotatable bonds is 3. The number of sulfone groups is 1. The van der Waals surface area contributed by atoms with Crippen LogP contribution in [0.15, 0.2) is 65.6 Å². The molecule has 0 aromatic heterocycles. The molecular weight excluding hydrogens is 314 g/mol. The van der Waals surface area contributed by atoms with Crippen LogP contribution in [0, 0.1) is 0 Å². The van der Waals surface area contributed by atoms with Gasteiger partial charge in [0.2, 0.25) is 5.91 Å². The van der Waals surface area contributed by atoms with Crippen LogP contribution in [0.1, 0.15) is 18.4 Å². The summed E-state index contributed by atoms with van der Waals surface area (Å²) in [6.07, 6.45) is -1.43. The second-order valence-corrected chi connectivity index (χ2v) is 7.75. The van der Waals surface area contributed by atoms with E-state index in [0.29, 0.717) is 5.56 Å². The summed E-state index contributed by atoms with van der Waals surface area (Å²) in [4.78, 5) is 11.7. The van der Waals surface area contributed by atoms with Gasteiger partial charge in [-0.15, -0.1) is 0 Å². The second-order valence-electron chi connectivity index (χ2n) is 5.54. The van der Waals surface area contributed by atoms with Crippen LogP contribution >= 0.6 is 0 Å². The fourth-order valence-corrected chi connectivity index (χ4v) is 5.15. The van der Waals surface area contributed by atoms with Crippen LogP contribution in [0.2, 0.25) is 0 Å². The number of hydrogen-bond donors (Lipinski definition) is 2.